The maximum atomic E-state index is 12.6. The Morgan fingerprint density at radius 1 is 1.28 bits per heavy atom. The second-order valence-corrected chi connectivity index (χ2v) is 8.39. The van der Waals surface area contributed by atoms with Gasteiger partial charge in [-0.1, -0.05) is 23.7 Å². The van der Waals surface area contributed by atoms with Crippen molar-refractivity contribution in [1.29, 1.82) is 0 Å². The number of likely N-dealkylation sites (tertiary alicyclic amines) is 1. The molecule has 0 spiro atoms. The van der Waals surface area contributed by atoms with Gasteiger partial charge in [0.1, 0.15) is 6.33 Å². The fourth-order valence-electron chi connectivity index (χ4n) is 2.81. The SMILES string of the molecule is Cn1cnnc1S(=O)(=O)C1CCN(C(=O)Nc2ccccc2Cl)CC1. The zero-order valence-electron chi connectivity index (χ0n) is 13.6. The van der Waals surface area contributed by atoms with E-state index in [0.717, 1.165) is 0 Å². The number of anilines is 1. The number of rotatable bonds is 3. The third kappa shape index (κ3) is 3.62. The van der Waals surface area contributed by atoms with Gasteiger partial charge in [0.2, 0.25) is 15.0 Å². The summed E-state index contributed by atoms with van der Waals surface area (Å²) in [5, 5.41) is 9.93. The molecule has 1 aliphatic heterocycles. The summed E-state index contributed by atoms with van der Waals surface area (Å²) in [7, 11) is -1.96. The number of aromatic nitrogens is 3. The lowest BCUT2D eigenvalue weighted by atomic mass is 10.1. The van der Waals surface area contributed by atoms with Crippen molar-refractivity contribution in [3.05, 3.63) is 35.6 Å². The van der Waals surface area contributed by atoms with E-state index in [1.54, 1.807) is 36.2 Å². The van der Waals surface area contributed by atoms with Gasteiger partial charge >= 0.3 is 6.03 Å². The first-order chi connectivity index (χ1) is 11.9. The second kappa shape index (κ2) is 7.01. The van der Waals surface area contributed by atoms with E-state index in [2.05, 4.69) is 15.5 Å². The summed E-state index contributed by atoms with van der Waals surface area (Å²) in [6.07, 6.45) is 2.06. The van der Waals surface area contributed by atoms with E-state index >= 15 is 0 Å². The molecular formula is C15H18ClN5O3S. The van der Waals surface area contributed by atoms with Crippen LogP contribution in [0.25, 0.3) is 0 Å². The number of piperidine rings is 1. The fraction of sp³-hybridized carbons (Fsp3) is 0.400. The van der Waals surface area contributed by atoms with Crippen LogP contribution in [0, 0.1) is 0 Å². The molecule has 2 amide bonds. The number of urea groups is 1. The maximum absolute atomic E-state index is 12.6. The monoisotopic (exact) mass is 383 g/mol. The van der Waals surface area contributed by atoms with Crippen LogP contribution >= 0.6 is 11.6 Å². The highest BCUT2D eigenvalue weighted by atomic mass is 35.5. The van der Waals surface area contributed by atoms with Crippen LogP contribution in [0.15, 0.2) is 35.7 Å². The number of sulfone groups is 1. The molecule has 0 unspecified atom stereocenters. The van der Waals surface area contributed by atoms with Crippen LogP contribution in [0.3, 0.4) is 0 Å². The van der Waals surface area contributed by atoms with Gasteiger partial charge in [0.25, 0.3) is 0 Å². The largest absolute Gasteiger partial charge is 0.324 e. The number of aryl methyl sites for hydroxylation is 1. The molecule has 0 aliphatic carbocycles. The number of halogens is 1. The van der Waals surface area contributed by atoms with E-state index in [0.29, 0.717) is 36.6 Å². The molecule has 1 saturated heterocycles. The van der Waals surface area contributed by atoms with Gasteiger partial charge in [-0.15, -0.1) is 10.2 Å². The average Bonchev–Trinajstić information content (AvgIpc) is 3.04. The lowest BCUT2D eigenvalue weighted by Gasteiger charge is -2.31. The quantitative estimate of drug-likeness (QED) is 0.873. The molecule has 25 heavy (non-hydrogen) atoms. The number of nitrogens with one attached hydrogen (secondary N) is 1. The minimum absolute atomic E-state index is 0.0357. The molecule has 1 N–H and O–H groups in total. The van der Waals surface area contributed by atoms with Gasteiger partial charge < -0.3 is 14.8 Å². The van der Waals surface area contributed by atoms with Crippen LogP contribution in [0.4, 0.5) is 10.5 Å². The summed E-state index contributed by atoms with van der Waals surface area (Å²) in [4.78, 5) is 13.9. The molecule has 0 bridgehead atoms. The summed E-state index contributed by atoms with van der Waals surface area (Å²) >= 11 is 6.03. The van der Waals surface area contributed by atoms with Gasteiger partial charge in [0.05, 0.1) is 16.0 Å². The molecule has 0 saturated carbocycles. The molecule has 1 aliphatic rings. The van der Waals surface area contributed by atoms with Crippen LogP contribution in [-0.2, 0) is 16.9 Å². The standard InChI is InChI=1S/C15H18ClN5O3S/c1-20-10-17-19-15(20)25(23,24)11-6-8-21(9-7-11)14(22)18-13-5-3-2-4-12(13)16/h2-5,10-11H,6-9H2,1H3,(H,18,22). The summed E-state index contributed by atoms with van der Waals surface area (Å²) in [5.74, 6) is 0. The maximum Gasteiger partial charge on any atom is 0.321 e. The summed E-state index contributed by atoms with van der Waals surface area (Å²) in [5.41, 5.74) is 0.531. The topological polar surface area (TPSA) is 97.2 Å². The summed E-state index contributed by atoms with van der Waals surface area (Å²) in [6.45, 7) is 0.691. The zero-order valence-corrected chi connectivity index (χ0v) is 15.2. The number of benzene rings is 1. The van der Waals surface area contributed by atoms with Gasteiger partial charge in [0.15, 0.2) is 0 Å². The molecule has 1 aromatic heterocycles. The number of hydrogen-bond acceptors (Lipinski definition) is 5. The molecule has 2 aromatic rings. The van der Waals surface area contributed by atoms with Crippen LogP contribution in [0.5, 0.6) is 0 Å². The highest BCUT2D eigenvalue weighted by Gasteiger charge is 2.35. The first-order valence-electron chi connectivity index (χ1n) is 7.78. The highest BCUT2D eigenvalue weighted by Crippen LogP contribution is 2.25. The molecule has 8 nitrogen and oxygen atoms in total. The lowest BCUT2D eigenvalue weighted by Crippen LogP contribution is -2.44. The smallest absolute Gasteiger partial charge is 0.321 e. The van der Waals surface area contributed by atoms with Crippen molar-refractivity contribution in [3.63, 3.8) is 0 Å². The third-order valence-electron chi connectivity index (χ3n) is 4.21. The molecule has 10 heteroatoms. The van der Waals surface area contributed by atoms with Crippen molar-refractivity contribution >= 4 is 33.2 Å². The normalized spacial score (nSPS) is 16.0. The minimum Gasteiger partial charge on any atom is -0.324 e. The first-order valence-corrected chi connectivity index (χ1v) is 9.70. The van der Waals surface area contributed by atoms with Crippen molar-refractivity contribution < 1.29 is 13.2 Å². The van der Waals surface area contributed by atoms with Crippen molar-refractivity contribution in [2.75, 3.05) is 18.4 Å². The van der Waals surface area contributed by atoms with Gasteiger partial charge in [-0.05, 0) is 25.0 Å². The van der Waals surface area contributed by atoms with E-state index in [1.807, 2.05) is 0 Å². The predicted molar refractivity (Wildman–Crippen MR) is 93.3 cm³/mol. The van der Waals surface area contributed by atoms with Gasteiger partial charge in [-0.3, -0.25) is 0 Å². The number of amides is 2. The number of nitrogens with zero attached hydrogens (tertiary/aromatic N) is 4. The Morgan fingerprint density at radius 3 is 2.56 bits per heavy atom. The van der Waals surface area contributed by atoms with E-state index in [-0.39, 0.29) is 11.2 Å². The summed E-state index contributed by atoms with van der Waals surface area (Å²) < 4.78 is 26.6. The molecule has 1 aromatic carbocycles. The number of hydrogen-bond donors (Lipinski definition) is 1. The van der Waals surface area contributed by atoms with Crippen LogP contribution < -0.4 is 5.32 Å². The first kappa shape index (κ1) is 17.7. The van der Waals surface area contributed by atoms with Crippen molar-refractivity contribution in [2.24, 2.45) is 7.05 Å². The van der Waals surface area contributed by atoms with Gasteiger partial charge in [-0.25, -0.2) is 13.2 Å². The molecule has 134 valence electrons. The Bertz CT molecular complexity index is 875. The fourth-order valence-corrected chi connectivity index (χ4v) is 4.73. The molecule has 0 radical (unpaired) electrons. The Labute approximate surface area is 150 Å². The Hall–Kier alpha value is -2.13. The minimum atomic E-state index is -3.55. The van der Waals surface area contributed by atoms with Gasteiger partial charge in [0, 0.05) is 20.1 Å². The number of carbonyl (C=O) groups is 1. The third-order valence-corrected chi connectivity index (χ3v) is 6.77. The van der Waals surface area contributed by atoms with Crippen molar-refractivity contribution in [2.45, 2.75) is 23.2 Å². The van der Waals surface area contributed by atoms with E-state index in [9.17, 15) is 13.2 Å². The van der Waals surface area contributed by atoms with Crippen molar-refractivity contribution in [1.82, 2.24) is 19.7 Å². The van der Waals surface area contributed by atoms with E-state index in [1.165, 1.54) is 10.9 Å². The number of carbonyl (C=O) groups excluding carboxylic acids is 1. The predicted octanol–water partition coefficient (Wildman–Crippen LogP) is 1.94. The van der Waals surface area contributed by atoms with Crippen LogP contribution in [0.1, 0.15) is 12.8 Å². The van der Waals surface area contributed by atoms with Gasteiger partial charge in [-0.2, -0.15) is 0 Å². The molecule has 0 atom stereocenters. The Morgan fingerprint density at radius 2 is 1.96 bits per heavy atom. The molecule has 2 heterocycles. The Kier molecular flexibility index (Phi) is 4.96. The second-order valence-electron chi connectivity index (χ2n) is 5.87. The average molecular weight is 384 g/mol. The highest BCUT2D eigenvalue weighted by molar-refractivity contribution is 7.91. The number of para-hydroxylation sites is 1. The van der Waals surface area contributed by atoms with Crippen LogP contribution in [0.2, 0.25) is 5.02 Å². The van der Waals surface area contributed by atoms with Crippen molar-refractivity contribution in [3.8, 4) is 0 Å². The van der Waals surface area contributed by atoms with E-state index < -0.39 is 15.1 Å². The van der Waals surface area contributed by atoms with E-state index in [4.69, 9.17) is 11.6 Å². The summed E-state index contributed by atoms with van der Waals surface area (Å²) in [6, 6.07) is 6.67. The molecule has 3 rings (SSSR count). The Balaban J connectivity index is 1.63. The molecule has 1 fully saturated rings. The lowest BCUT2D eigenvalue weighted by molar-refractivity contribution is 0.200. The zero-order chi connectivity index (χ0) is 18.0. The molecular weight excluding hydrogens is 366 g/mol. The van der Waals surface area contributed by atoms with Crippen LogP contribution in [-0.4, -0.2) is 52.5 Å².